The summed E-state index contributed by atoms with van der Waals surface area (Å²) < 4.78 is 0. The molecule has 7 nitrogen and oxygen atoms in total. The third-order valence-electron chi connectivity index (χ3n) is 5.28. The number of rotatable bonds is 7. The Morgan fingerprint density at radius 2 is 1.78 bits per heavy atom. The molecule has 0 unspecified atom stereocenters. The number of benzene rings is 3. The van der Waals surface area contributed by atoms with E-state index in [4.69, 9.17) is 4.99 Å². The Hall–Kier alpha value is -3.97. The van der Waals surface area contributed by atoms with Crippen molar-refractivity contribution in [3.63, 3.8) is 0 Å². The molecule has 0 spiro atoms. The Morgan fingerprint density at radius 3 is 2.44 bits per heavy atom. The first kappa shape index (κ1) is 21.3. The van der Waals surface area contributed by atoms with Crippen molar-refractivity contribution in [2.24, 2.45) is 4.99 Å². The van der Waals surface area contributed by atoms with E-state index in [-0.39, 0.29) is 11.6 Å². The van der Waals surface area contributed by atoms with Crippen molar-refractivity contribution < 1.29 is 10.0 Å². The maximum Gasteiger partial charge on any atom is 0.270 e. The van der Waals surface area contributed by atoms with Gasteiger partial charge in [-0.3, -0.25) is 10.1 Å². The number of aliphatic imine (C=N–C) groups is 1. The summed E-state index contributed by atoms with van der Waals surface area (Å²) in [5.74, 6) is -0.0781. The van der Waals surface area contributed by atoms with Crippen molar-refractivity contribution in [2.75, 3.05) is 20.6 Å². The highest BCUT2D eigenvalue weighted by Gasteiger charge is 2.20. The van der Waals surface area contributed by atoms with Gasteiger partial charge in [-0.1, -0.05) is 42.5 Å². The van der Waals surface area contributed by atoms with E-state index in [1.807, 2.05) is 68.7 Å². The number of nitro benzene ring substituents is 1. The van der Waals surface area contributed by atoms with Gasteiger partial charge in [-0.2, -0.15) is 0 Å². The number of aromatic hydroxyl groups is 1. The predicted molar refractivity (Wildman–Crippen MR) is 127 cm³/mol. The van der Waals surface area contributed by atoms with Gasteiger partial charge < -0.3 is 15.0 Å². The van der Waals surface area contributed by atoms with Crippen LogP contribution in [0.2, 0.25) is 0 Å². The fourth-order valence-corrected chi connectivity index (χ4v) is 3.60. The van der Waals surface area contributed by atoms with Gasteiger partial charge in [-0.05, 0) is 44.3 Å². The summed E-state index contributed by atoms with van der Waals surface area (Å²) in [6.07, 6.45) is 0.940. The number of nitrogens with zero attached hydrogens (tertiary/aromatic N) is 3. The van der Waals surface area contributed by atoms with E-state index in [0.29, 0.717) is 22.2 Å². The van der Waals surface area contributed by atoms with E-state index in [2.05, 4.69) is 9.88 Å². The van der Waals surface area contributed by atoms with Crippen LogP contribution in [-0.4, -0.2) is 46.3 Å². The Bertz CT molecular complexity index is 1280. The third-order valence-corrected chi connectivity index (χ3v) is 5.28. The van der Waals surface area contributed by atoms with E-state index in [0.717, 1.165) is 24.2 Å². The van der Waals surface area contributed by atoms with E-state index < -0.39 is 4.92 Å². The second kappa shape index (κ2) is 9.03. The molecule has 162 valence electrons. The minimum absolute atomic E-state index is 0.0459. The van der Waals surface area contributed by atoms with Gasteiger partial charge in [0.15, 0.2) is 5.88 Å². The van der Waals surface area contributed by atoms with E-state index in [9.17, 15) is 15.2 Å². The van der Waals surface area contributed by atoms with Crippen molar-refractivity contribution in [1.82, 2.24) is 9.88 Å². The summed E-state index contributed by atoms with van der Waals surface area (Å²) in [5.41, 5.74) is 4.27. The molecule has 2 N–H and O–H groups in total. The van der Waals surface area contributed by atoms with Crippen LogP contribution in [0.15, 0.2) is 77.8 Å². The van der Waals surface area contributed by atoms with Crippen molar-refractivity contribution in [2.45, 2.75) is 6.42 Å². The van der Waals surface area contributed by atoms with Crippen molar-refractivity contribution in [3.05, 3.63) is 99.6 Å². The molecule has 1 heterocycles. The standard InChI is InChI=1S/C25H24N4O3/c1-28(2)15-14-17-8-10-19(11-9-17)26-24(18-6-4-3-5-7-18)23-21-16-20(29(31)32)12-13-22(21)27-25(23)30/h3-13,16,27,30H,14-15H2,1-2H3. The highest BCUT2D eigenvalue weighted by molar-refractivity contribution is 6.22. The Morgan fingerprint density at radius 1 is 1.06 bits per heavy atom. The van der Waals surface area contributed by atoms with Crippen molar-refractivity contribution in [1.29, 1.82) is 0 Å². The summed E-state index contributed by atoms with van der Waals surface area (Å²) in [4.78, 5) is 20.8. The smallest absolute Gasteiger partial charge is 0.270 e. The molecule has 0 aliphatic rings. The summed E-state index contributed by atoms with van der Waals surface area (Å²) >= 11 is 0. The van der Waals surface area contributed by atoms with Crippen LogP contribution in [0.25, 0.3) is 10.9 Å². The monoisotopic (exact) mass is 428 g/mol. The van der Waals surface area contributed by atoms with Gasteiger partial charge in [-0.25, -0.2) is 4.99 Å². The van der Waals surface area contributed by atoms with Gasteiger partial charge >= 0.3 is 0 Å². The first-order chi connectivity index (χ1) is 15.4. The molecular weight excluding hydrogens is 404 g/mol. The molecule has 0 radical (unpaired) electrons. The Balaban J connectivity index is 1.83. The predicted octanol–water partition coefficient (Wildman–Crippen LogP) is 5.05. The summed E-state index contributed by atoms with van der Waals surface area (Å²) in [6, 6.07) is 21.9. The third kappa shape index (κ3) is 4.53. The number of hydrogen-bond donors (Lipinski definition) is 2. The Kier molecular flexibility index (Phi) is 6.00. The molecule has 1 aromatic heterocycles. The number of hydrogen-bond acceptors (Lipinski definition) is 5. The lowest BCUT2D eigenvalue weighted by Crippen LogP contribution is -2.14. The average Bonchev–Trinajstić information content (AvgIpc) is 3.12. The van der Waals surface area contributed by atoms with Crippen LogP contribution in [0, 0.1) is 10.1 Å². The van der Waals surface area contributed by atoms with Gasteiger partial charge in [0.1, 0.15) is 0 Å². The van der Waals surface area contributed by atoms with Crippen LogP contribution in [0.1, 0.15) is 16.7 Å². The van der Waals surface area contributed by atoms with Crippen LogP contribution in [-0.2, 0) is 6.42 Å². The quantitative estimate of drug-likeness (QED) is 0.244. The molecule has 0 atom stereocenters. The number of aromatic nitrogens is 1. The fourth-order valence-electron chi connectivity index (χ4n) is 3.60. The van der Waals surface area contributed by atoms with Crippen molar-refractivity contribution in [3.8, 4) is 5.88 Å². The number of aromatic amines is 1. The molecule has 0 saturated carbocycles. The van der Waals surface area contributed by atoms with Crippen molar-refractivity contribution >= 4 is 28.0 Å². The topological polar surface area (TPSA) is 94.8 Å². The lowest BCUT2D eigenvalue weighted by atomic mass is 10.0. The Labute approximate surface area is 185 Å². The van der Waals surface area contributed by atoms with Gasteiger partial charge in [0.05, 0.1) is 21.9 Å². The maximum absolute atomic E-state index is 11.3. The van der Waals surface area contributed by atoms with Crippen LogP contribution in [0.4, 0.5) is 11.4 Å². The summed E-state index contributed by atoms with van der Waals surface area (Å²) in [7, 11) is 4.09. The molecule has 4 aromatic rings. The second-order valence-electron chi connectivity index (χ2n) is 7.88. The van der Waals surface area contributed by atoms with E-state index in [1.54, 1.807) is 6.07 Å². The van der Waals surface area contributed by atoms with E-state index >= 15 is 0 Å². The molecule has 4 rings (SSSR count). The number of likely N-dealkylation sites (N-methyl/N-ethyl adjacent to an activating group) is 1. The summed E-state index contributed by atoms with van der Waals surface area (Å²) in [6.45, 7) is 0.958. The molecule has 0 amide bonds. The highest BCUT2D eigenvalue weighted by Crippen LogP contribution is 2.33. The number of H-pyrrole nitrogens is 1. The largest absolute Gasteiger partial charge is 0.494 e. The zero-order valence-electron chi connectivity index (χ0n) is 17.9. The molecule has 0 aliphatic heterocycles. The first-order valence-electron chi connectivity index (χ1n) is 10.3. The fraction of sp³-hybridized carbons (Fsp3) is 0.160. The van der Waals surface area contributed by atoms with Gasteiger partial charge in [0.2, 0.25) is 0 Å². The lowest BCUT2D eigenvalue weighted by molar-refractivity contribution is -0.384. The van der Waals surface area contributed by atoms with Gasteiger partial charge in [-0.15, -0.1) is 0 Å². The van der Waals surface area contributed by atoms with Crippen LogP contribution >= 0.6 is 0 Å². The average molecular weight is 428 g/mol. The molecular formula is C25H24N4O3. The zero-order valence-corrected chi connectivity index (χ0v) is 17.9. The number of non-ortho nitro benzene ring substituents is 1. The van der Waals surface area contributed by atoms with Gasteiger partial charge in [0.25, 0.3) is 5.69 Å². The molecule has 0 bridgehead atoms. The van der Waals surface area contributed by atoms with Crippen LogP contribution in [0.3, 0.4) is 0 Å². The molecule has 0 saturated heterocycles. The minimum atomic E-state index is -0.445. The normalized spacial score (nSPS) is 11.9. The second-order valence-corrected chi connectivity index (χ2v) is 7.88. The molecule has 32 heavy (non-hydrogen) atoms. The molecule has 0 fully saturated rings. The molecule has 7 heteroatoms. The summed E-state index contributed by atoms with van der Waals surface area (Å²) in [5, 5.41) is 22.6. The molecule has 3 aromatic carbocycles. The van der Waals surface area contributed by atoms with Crippen LogP contribution < -0.4 is 0 Å². The number of nitro groups is 1. The number of nitrogens with one attached hydrogen (secondary N) is 1. The zero-order chi connectivity index (χ0) is 22.7. The molecule has 0 aliphatic carbocycles. The lowest BCUT2D eigenvalue weighted by Gasteiger charge is -2.10. The number of fused-ring (bicyclic) bond motifs is 1. The van der Waals surface area contributed by atoms with E-state index in [1.165, 1.54) is 17.7 Å². The van der Waals surface area contributed by atoms with Gasteiger partial charge in [0, 0.05) is 35.1 Å². The van der Waals surface area contributed by atoms with Crippen LogP contribution in [0.5, 0.6) is 5.88 Å². The SMILES string of the molecule is CN(C)CCc1ccc(N=C(c2ccccc2)c2c(O)[nH]c3ccc([N+](=O)[O-])cc23)cc1. The minimum Gasteiger partial charge on any atom is -0.494 e. The first-order valence-corrected chi connectivity index (χ1v) is 10.3. The maximum atomic E-state index is 11.3. The highest BCUT2D eigenvalue weighted by atomic mass is 16.6.